The van der Waals surface area contributed by atoms with Crippen molar-refractivity contribution in [2.45, 2.75) is 19.1 Å². The number of hydrogen-bond donors (Lipinski definition) is 0. The molecule has 0 radical (unpaired) electrons. The molecular formula is C24H19ClF2N2O2. The number of oxime groups is 1. The van der Waals surface area contributed by atoms with Gasteiger partial charge in [-0.2, -0.15) is 0 Å². The minimum absolute atomic E-state index is 0.0179. The summed E-state index contributed by atoms with van der Waals surface area (Å²) in [6.07, 6.45) is 0.0214. The molecule has 1 aliphatic heterocycles. The van der Waals surface area contributed by atoms with Crippen molar-refractivity contribution in [2.24, 2.45) is 5.16 Å². The Morgan fingerprint density at radius 2 is 1.68 bits per heavy atom. The van der Waals surface area contributed by atoms with Gasteiger partial charge in [0.05, 0.1) is 17.8 Å². The SMILES string of the molecule is O=C(c1ccccc1F)N(Cc1ccccc1F)CC1CC(c2ccc(Cl)cc2)=NO1. The fourth-order valence-electron chi connectivity index (χ4n) is 3.44. The monoisotopic (exact) mass is 440 g/mol. The zero-order valence-corrected chi connectivity index (χ0v) is 17.2. The normalized spacial score (nSPS) is 15.3. The van der Waals surface area contributed by atoms with Crippen LogP contribution in [0.3, 0.4) is 0 Å². The van der Waals surface area contributed by atoms with E-state index in [1.165, 1.54) is 29.2 Å². The molecule has 0 bridgehead atoms. The highest BCUT2D eigenvalue weighted by molar-refractivity contribution is 6.30. The average Bonchev–Trinajstić information content (AvgIpc) is 3.24. The molecule has 0 saturated heterocycles. The van der Waals surface area contributed by atoms with E-state index in [2.05, 4.69) is 5.16 Å². The summed E-state index contributed by atoms with van der Waals surface area (Å²) < 4.78 is 28.5. The summed E-state index contributed by atoms with van der Waals surface area (Å²) in [6, 6.07) is 19.1. The Kier molecular flexibility index (Phi) is 6.28. The Labute approximate surface area is 183 Å². The number of hydrogen-bond acceptors (Lipinski definition) is 3. The molecule has 0 aromatic heterocycles. The zero-order valence-electron chi connectivity index (χ0n) is 16.5. The van der Waals surface area contributed by atoms with E-state index in [1.807, 2.05) is 12.1 Å². The maximum Gasteiger partial charge on any atom is 0.257 e. The van der Waals surface area contributed by atoms with Gasteiger partial charge in [0.2, 0.25) is 0 Å². The quantitative estimate of drug-likeness (QED) is 0.511. The van der Waals surface area contributed by atoms with Crippen LogP contribution in [0.25, 0.3) is 0 Å². The van der Waals surface area contributed by atoms with Crippen molar-refractivity contribution in [1.82, 2.24) is 4.90 Å². The van der Waals surface area contributed by atoms with Crippen molar-refractivity contribution in [3.63, 3.8) is 0 Å². The second kappa shape index (κ2) is 9.27. The summed E-state index contributed by atoms with van der Waals surface area (Å²) in [5.41, 5.74) is 1.86. The number of carbonyl (C=O) groups is 1. The Balaban J connectivity index is 1.53. The summed E-state index contributed by atoms with van der Waals surface area (Å²) >= 11 is 5.93. The topological polar surface area (TPSA) is 41.9 Å². The van der Waals surface area contributed by atoms with Gasteiger partial charge in [-0.3, -0.25) is 4.79 Å². The summed E-state index contributed by atoms with van der Waals surface area (Å²) in [4.78, 5) is 20.0. The van der Waals surface area contributed by atoms with Crippen molar-refractivity contribution in [1.29, 1.82) is 0 Å². The minimum Gasteiger partial charge on any atom is -0.390 e. The molecule has 1 atom stereocenters. The first-order chi connectivity index (χ1) is 15.0. The highest BCUT2D eigenvalue weighted by Gasteiger charge is 2.28. The molecule has 7 heteroatoms. The molecule has 0 saturated carbocycles. The molecule has 158 valence electrons. The van der Waals surface area contributed by atoms with Crippen LogP contribution >= 0.6 is 11.6 Å². The van der Waals surface area contributed by atoms with Crippen molar-refractivity contribution >= 4 is 23.2 Å². The lowest BCUT2D eigenvalue weighted by molar-refractivity contribution is 0.0400. The van der Waals surface area contributed by atoms with Crippen LogP contribution in [-0.2, 0) is 11.4 Å². The summed E-state index contributed by atoms with van der Waals surface area (Å²) in [7, 11) is 0. The molecule has 0 spiro atoms. The average molecular weight is 441 g/mol. The summed E-state index contributed by atoms with van der Waals surface area (Å²) in [6.45, 7) is 0.109. The molecule has 1 aliphatic rings. The van der Waals surface area contributed by atoms with E-state index in [4.69, 9.17) is 16.4 Å². The van der Waals surface area contributed by atoms with Gasteiger partial charge in [-0.05, 0) is 35.9 Å². The fourth-order valence-corrected chi connectivity index (χ4v) is 3.57. The van der Waals surface area contributed by atoms with Crippen LogP contribution < -0.4 is 0 Å². The van der Waals surface area contributed by atoms with Crippen LogP contribution in [0.4, 0.5) is 8.78 Å². The summed E-state index contributed by atoms with van der Waals surface area (Å²) in [5, 5.41) is 4.75. The van der Waals surface area contributed by atoms with E-state index in [-0.39, 0.29) is 18.7 Å². The van der Waals surface area contributed by atoms with E-state index in [0.29, 0.717) is 17.0 Å². The van der Waals surface area contributed by atoms with Gasteiger partial charge < -0.3 is 9.74 Å². The van der Waals surface area contributed by atoms with Gasteiger partial charge in [-0.25, -0.2) is 8.78 Å². The molecule has 4 rings (SSSR count). The number of amides is 1. The van der Waals surface area contributed by atoms with E-state index in [0.717, 1.165) is 11.3 Å². The first-order valence-electron chi connectivity index (χ1n) is 9.77. The lowest BCUT2D eigenvalue weighted by atomic mass is 10.0. The van der Waals surface area contributed by atoms with E-state index in [9.17, 15) is 13.6 Å². The molecule has 1 heterocycles. The van der Waals surface area contributed by atoms with Crippen LogP contribution in [0.5, 0.6) is 0 Å². The van der Waals surface area contributed by atoms with Gasteiger partial charge in [0.1, 0.15) is 11.6 Å². The van der Waals surface area contributed by atoms with Crippen LogP contribution in [0, 0.1) is 11.6 Å². The Morgan fingerprint density at radius 3 is 2.39 bits per heavy atom. The van der Waals surface area contributed by atoms with Crippen molar-refractivity contribution in [3.8, 4) is 0 Å². The number of carbonyl (C=O) groups excluding carboxylic acids is 1. The van der Waals surface area contributed by atoms with Crippen LogP contribution in [0.2, 0.25) is 5.02 Å². The third kappa shape index (κ3) is 4.91. The molecule has 3 aromatic rings. The fraction of sp³-hybridized carbons (Fsp3) is 0.167. The Bertz CT molecular complexity index is 1120. The van der Waals surface area contributed by atoms with Crippen LogP contribution in [0.15, 0.2) is 78.0 Å². The lowest BCUT2D eigenvalue weighted by Crippen LogP contribution is -2.38. The highest BCUT2D eigenvalue weighted by atomic mass is 35.5. The van der Waals surface area contributed by atoms with E-state index < -0.39 is 23.6 Å². The summed E-state index contributed by atoms with van der Waals surface area (Å²) in [5.74, 6) is -1.60. The maximum atomic E-state index is 14.3. The molecular weight excluding hydrogens is 422 g/mol. The van der Waals surface area contributed by atoms with Gasteiger partial charge in [-0.15, -0.1) is 0 Å². The van der Waals surface area contributed by atoms with Crippen LogP contribution in [-0.4, -0.2) is 29.2 Å². The van der Waals surface area contributed by atoms with Gasteiger partial charge in [0, 0.05) is 23.6 Å². The first kappa shape index (κ1) is 21.0. The third-order valence-corrected chi connectivity index (χ3v) is 5.30. The minimum atomic E-state index is -0.628. The molecule has 31 heavy (non-hydrogen) atoms. The highest BCUT2D eigenvalue weighted by Crippen LogP contribution is 2.22. The second-order valence-electron chi connectivity index (χ2n) is 7.23. The maximum absolute atomic E-state index is 14.3. The molecule has 0 N–H and O–H groups in total. The third-order valence-electron chi connectivity index (χ3n) is 5.04. The Hall–Kier alpha value is -3.25. The molecule has 4 nitrogen and oxygen atoms in total. The van der Waals surface area contributed by atoms with E-state index in [1.54, 1.807) is 36.4 Å². The van der Waals surface area contributed by atoms with Crippen molar-refractivity contribution < 1.29 is 18.4 Å². The smallest absolute Gasteiger partial charge is 0.257 e. The number of halogens is 3. The number of nitrogens with zero attached hydrogens (tertiary/aromatic N) is 2. The molecule has 3 aromatic carbocycles. The van der Waals surface area contributed by atoms with Gasteiger partial charge >= 0.3 is 0 Å². The zero-order chi connectivity index (χ0) is 21.8. The predicted molar refractivity (Wildman–Crippen MR) is 115 cm³/mol. The van der Waals surface area contributed by atoms with Crippen LogP contribution in [0.1, 0.15) is 27.9 Å². The Morgan fingerprint density at radius 1 is 1.00 bits per heavy atom. The standard InChI is InChI=1S/C24H19ClF2N2O2/c25-18-11-9-16(10-12-18)23-13-19(31-28-23)15-29(14-17-5-1-3-7-21(17)26)24(30)20-6-2-4-8-22(20)27/h1-12,19H,13-15H2. The van der Waals surface area contributed by atoms with Gasteiger partial charge in [0.15, 0.2) is 6.10 Å². The molecule has 0 fully saturated rings. The molecule has 0 aliphatic carbocycles. The molecule has 1 unspecified atom stereocenters. The number of rotatable bonds is 6. The van der Waals surface area contributed by atoms with Crippen molar-refractivity contribution in [3.05, 3.63) is 106 Å². The van der Waals surface area contributed by atoms with Crippen molar-refractivity contribution in [2.75, 3.05) is 6.54 Å². The largest absolute Gasteiger partial charge is 0.390 e. The first-order valence-corrected chi connectivity index (χ1v) is 10.1. The van der Waals surface area contributed by atoms with E-state index >= 15 is 0 Å². The molecule has 1 amide bonds. The lowest BCUT2D eigenvalue weighted by Gasteiger charge is -2.25. The second-order valence-corrected chi connectivity index (χ2v) is 7.67. The van der Waals surface area contributed by atoms with Gasteiger partial charge in [-0.1, -0.05) is 59.2 Å². The number of benzene rings is 3. The van der Waals surface area contributed by atoms with Gasteiger partial charge in [0.25, 0.3) is 5.91 Å². The predicted octanol–water partition coefficient (Wildman–Crippen LogP) is 5.45.